The Balaban J connectivity index is 1.67. The van der Waals surface area contributed by atoms with Crippen LogP contribution in [-0.2, 0) is 19.3 Å². The molecule has 0 bridgehead atoms. The minimum Gasteiger partial charge on any atom is -0.491 e. The third kappa shape index (κ3) is 5.42. The van der Waals surface area contributed by atoms with E-state index in [0.29, 0.717) is 30.8 Å². The summed E-state index contributed by atoms with van der Waals surface area (Å²) in [5, 5.41) is 0. The van der Waals surface area contributed by atoms with Crippen molar-refractivity contribution >= 4 is 0 Å². The van der Waals surface area contributed by atoms with Crippen molar-refractivity contribution in [2.75, 3.05) is 6.61 Å². The van der Waals surface area contributed by atoms with E-state index in [2.05, 4.69) is 13.8 Å². The zero-order valence-corrected chi connectivity index (χ0v) is 18.7. The van der Waals surface area contributed by atoms with Crippen LogP contribution in [0.1, 0.15) is 88.3 Å². The maximum Gasteiger partial charge on any atom is 0.168 e. The average Bonchev–Trinajstić information content (AvgIpc) is 2.76. The number of halogens is 2. The molecule has 30 heavy (non-hydrogen) atoms. The van der Waals surface area contributed by atoms with Crippen LogP contribution < -0.4 is 4.74 Å². The Labute approximate surface area is 180 Å². The van der Waals surface area contributed by atoms with E-state index >= 15 is 4.39 Å². The predicted octanol–water partition coefficient (Wildman–Crippen LogP) is 8.20. The molecule has 2 aromatic carbocycles. The molecule has 0 heterocycles. The van der Waals surface area contributed by atoms with Gasteiger partial charge in [-0.25, -0.2) is 8.78 Å². The molecular weight excluding hydrogens is 378 g/mol. The highest BCUT2D eigenvalue weighted by Crippen LogP contribution is 2.39. The lowest BCUT2D eigenvalue weighted by Gasteiger charge is -2.23. The summed E-state index contributed by atoms with van der Waals surface area (Å²) in [6.07, 6.45) is 12.4. The first-order chi connectivity index (χ1) is 14.7. The van der Waals surface area contributed by atoms with Gasteiger partial charge < -0.3 is 4.74 Å². The number of rotatable bonds is 12. The van der Waals surface area contributed by atoms with Crippen LogP contribution in [0.5, 0.6) is 5.75 Å². The van der Waals surface area contributed by atoms with Crippen LogP contribution in [0, 0.1) is 11.6 Å². The van der Waals surface area contributed by atoms with Gasteiger partial charge in [-0.2, -0.15) is 0 Å². The lowest BCUT2D eigenvalue weighted by Crippen LogP contribution is -2.11. The predicted molar refractivity (Wildman–Crippen MR) is 121 cm³/mol. The molecule has 164 valence electrons. The fourth-order valence-corrected chi connectivity index (χ4v) is 4.42. The van der Waals surface area contributed by atoms with Crippen molar-refractivity contribution in [1.82, 2.24) is 0 Å². The molecule has 0 spiro atoms. The van der Waals surface area contributed by atoms with E-state index in [9.17, 15) is 4.39 Å². The molecule has 0 saturated carbocycles. The number of fused-ring (bicyclic) bond motifs is 3. The fourth-order valence-electron chi connectivity index (χ4n) is 4.42. The molecule has 1 nitrogen and oxygen atoms in total. The number of hydrogen-bond donors (Lipinski definition) is 0. The maximum absolute atomic E-state index is 15.2. The smallest absolute Gasteiger partial charge is 0.168 e. The Morgan fingerprint density at radius 1 is 0.700 bits per heavy atom. The van der Waals surface area contributed by atoms with Gasteiger partial charge in [0.1, 0.15) is 5.82 Å². The Morgan fingerprint density at radius 3 is 2.00 bits per heavy atom. The van der Waals surface area contributed by atoms with Gasteiger partial charge in [-0.05, 0) is 66.0 Å². The molecule has 0 radical (unpaired) electrons. The minimum absolute atomic E-state index is 0.0761. The number of hydrogen-bond acceptors (Lipinski definition) is 1. The molecule has 1 aliphatic rings. The molecule has 3 rings (SSSR count). The lowest BCUT2D eigenvalue weighted by molar-refractivity contribution is 0.293. The Hall–Kier alpha value is -1.90. The van der Waals surface area contributed by atoms with E-state index in [-0.39, 0.29) is 11.6 Å². The molecule has 0 N–H and O–H groups in total. The first-order valence-electron chi connectivity index (χ1n) is 11.9. The van der Waals surface area contributed by atoms with Gasteiger partial charge in [0.15, 0.2) is 11.6 Å². The van der Waals surface area contributed by atoms with Crippen LogP contribution in [0.2, 0.25) is 0 Å². The second-order valence-electron chi connectivity index (χ2n) is 8.54. The van der Waals surface area contributed by atoms with Crippen molar-refractivity contribution in [3.8, 4) is 16.9 Å². The van der Waals surface area contributed by atoms with Crippen molar-refractivity contribution in [3.63, 3.8) is 0 Å². The lowest BCUT2D eigenvalue weighted by atomic mass is 9.83. The van der Waals surface area contributed by atoms with Gasteiger partial charge in [0.2, 0.25) is 0 Å². The summed E-state index contributed by atoms with van der Waals surface area (Å²) in [6.45, 7) is 4.84. The monoisotopic (exact) mass is 414 g/mol. The second kappa shape index (κ2) is 11.5. The fraction of sp³-hybridized carbons (Fsp3) is 0.556. The third-order valence-corrected chi connectivity index (χ3v) is 6.25. The molecule has 1 aliphatic carbocycles. The molecular formula is C27H36F2O. The second-order valence-corrected chi connectivity index (χ2v) is 8.54. The van der Waals surface area contributed by atoms with E-state index in [1.807, 2.05) is 18.2 Å². The molecule has 0 fully saturated rings. The van der Waals surface area contributed by atoms with E-state index in [4.69, 9.17) is 4.74 Å². The van der Waals surface area contributed by atoms with Gasteiger partial charge >= 0.3 is 0 Å². The van der Waals surface area contributed by atoms with Crippen LogP contribution in [0.25, 0.3) is 11.1 Å². The van der Waals surface area contributed by atoms with Crippen molar-refractivity contribution in [2.45, 2.75) is 90.9 Å². The molecule has 0 aromatic heterocycles. The average molecular weight is 415 g/mol. The van der Waals surface area contributed by atoms with Gasteiger partial charge in [0.25, 0.3) is 0 Å². The SMILES string of the molecule is CCCCCCCCCc1ccc2c(c1F)CCc1c-2ccc(OCCCC)c1F. The molecule has 0 unspecified atom stereocenters. The zero-order chi connectivity index (χ0) is 21.3. The summed E-state index contributed by atoms with van der Waals surface area (Å²) < 4.78 is 35.8. The van der Waals surface area contributed by atoms with Crippen molar-refractivity contribution in [2.24, 2.45) is 0 Å². The van der Waals surface area contributed by atoms with Gasteiger partial charge in [-0.1, -0.05) is 77.0 Å². The van der Waals surface area contributed by atoms with Crippen LogP contribution in [-0.4, -0.2) is 6.61 Å². The molecule has 3 heteroatoms. The highest BCUT2D eigenvalue weighted by molar-refractivity contribution is 5.74. The van der Waals surface area contributed by atoms with E-state index in [1.54, 1.807) is 6.07 Å². The maximum atomic E-state index is 15.2. The molecule has 2 aromatic rings. The quantitative estimate of drug-likeness (QED) is 0.318. The van der Waals surface area contributed by atoms with Crippen LogP contribution in [0.3, 0.4) is 0 Å². The van der Waals surface area contributed by atoms with Crippen LogP contribution >= 0.6 is 0 Å². The summed E-state index contributed by atoms with van der Waals surface area (Å²) in [6, 6.07) is 7.49. The van der Waals surface area contributed by atoms with Crippen LogP contribution in [0.15, 0.2) is 24.3 Å². The molecule has 0 amide bonds. The van der Waals surface area contributed by atoms with Gasteiger partial charge in [0.05, 0.1) is 6.61 Å². The van der Waals surface area contributed by atoms with Gasteiger partial charge in [-0.15, -0.1) is 0 Å². The number of aryl methyl sites for hydroxylation is 1. The third-order valence-electron chi connectivity index (χ3n) is 6.25. The highest BCUT2D eigenvalue weighted by Gasteiger charge is 2.25. The Bertz CT molecular complexity index is 828. The summed E-state index contributed by atoms with van der Waals surface area (Å²) in [5.74, 6) is -0.0312. The van der Waals surface area contributed by atoms with Crippen molar-refractivity contribution in [1.29, 1.82) is 0 Å². The number of unbranched alkanes of at least 4 members (excludes halogenated alkanes) is 7. The standard InChI is InChI=1S/C27H36F2O/c1-3-5-7-8-9-10-11-12-20-13-14-21-22-17-18-25(30-19-6-4-2)27(29)24(22)16-15-23(21)26(20)28/h13-14,17-18H,3-12,15-16,19H2,1-2H3. The van der Waals surface area contributed by atoms with Crippen LogP contribution in [0.4, 0.5) is 8.78 Å². The zero-order valence-electron chi connectivity index (χ0n) is 18.7. The molecule has 0 atom stereocenters. The number of benzene rings is 2. The summed E-state index contributed by atoms with van der Waals surface area (Å²) in [7, 11) is 0. The minimum atomic E-state index is -0.276. The summed E-state index contributed by atoms with van der Waals surface area (Å²) in [5.41, 5.74) is 3.89. The first kappa shape index (κ1) is 22.8. The highest BCUT2D eigenvalue weighted by atomic mass is 19.1. The molecule has 0 saturated heterocycles. The van der Waals surface area contributed by atoms with Gasteiger partial charge in [-0.3, -0.25) is 0 Å². The molecule has 0 aliphatic heterocycles. The normalized spacial score (nSPS) is 12.5. The van der Waals surface area contributed by atoms with E-state index < -0.39 is 0 Å². The Morgan fingerprint density at radius 2 is 1.30 bits per heavy atom. The summed E-state index contributed by atoms with van der Waals surface area (Å²) >= 11 is 0. The Kier molecular flexibility index (Phi) is 8.72. The van der Waals surface area contributed by atoms with E-state index in [1.165, 1.54) is 32.1 Å². The van der Waals surface area contributed by atoms with Crippen molar-refractivity contribution < 1.29 is 13.5 Å². The van der Waals surface area contributed by atoms with Gasteiger partial charge in [0, 0.05) is 0 Å². The largest absolute Gasteiger partial charge is 0.491 e. The summed E-state index contributed by atoms with van der Waals surface area (Å²) in [4.78, 5) is 0. The van der Waals surface area contributed by atoms with E-state index in [0.717, 1.165) is 54.4 Å². The number of ether oxygens (including phenoxy) is 1. The first-order valence-corrected chi connectivity index (χ1v) is 11.9. The van der Waals surface area contributed by atoms with Crippen molar-refractivity contribution in [3.05, 3.63) is 52.6 Å². The topological polar surface area (TPSA) is 9.23 Å².